The van der Waals surface area contributed by atoms with E-state index >= 15 is 0 Å². The van der Waals surface area contributed by atoms with Crippen molar-refractivity contribution in [1.82, 2.24) is 0 Å². The molecule has 0 aromatic carbocycles. The molecule has 0 bridgehead atoms. The molecular formula is C16H32Sn. The van der Waals surface area contributed by atoms with Gasteiger partial charge < -0.3 is 0 Å². The molecule has 0 rings (SSSR count). The zero-order chi connectivity index (χ0) is 13.0. The van der Waals surface area contributed by atoms with Crippen LogP contribution in [-0.2, 0) is 0 Å². The Morgan fingerprint density at radius 3 is 1.59 bits per heavy atom. The quantitative estimate of drug-likeness (QED) is 0.300. The van der Waals surface area contributed by atoms with Gasteiger partial charge in [-0.2, -0.15) is 0 Å². The van der Waals surface area contributed by atoms with Crippen LogP contribution in [0.2, 0.25) is 7.87 Å². The molecule has 0 aromatic rings. The third-order valence-electron chi connectivity index (χ3n) is 3.65. The van der Waals surface area contributed by atoms with Crippen molar-refractivity contribution in [3.63, 3.8) is 0 Å². The third kappa shape index (κ3) is 8.29. The summed E-state index contributed by atoms with van der Waals surface area (Å²) in [4.78, 5) is 0. The number of hydrogen-bond acceptors (Lipinski definition) is 0. The Labute approximate surface area is 120 Å². The van der Waals surface area contributed by atoms with E-state index in [1.165, 1.54) is 62.2 Å². The van der Waals surface area contributed by atoms with Crippen LogP contribution in [-0.4, -0.2) is 21.1 Å². The summed E-state index contributed by atoms with van der Waals surface area (Å²) in [6, 6.07) is 0. The second kappa shape index (κ2) is 11.6. The molecule has 17 heavy (non-hydrogen) atoms. The molecule has 0 spiro atoms. The Morgan fingerprint density at radius 2 is 1.29 bits per heavy atom. The van der Waals surface area contributed by atoms with Gasteiger partial charge in [0.2, 0.25) is 0 Å². The van der Waals surface area contributed by atoms with Crippen LogP contribution in [0.25, 0.3) is 0 Å². The SMILES string of the molecule is C=C[CH2][Sn][C](CCCC)(CCCC)CCCC. The van der Waals surface area contributed by atoms with Gasteiger partial charge in [-0.05, 0) is 0 Å². The van der Waals surface area contributed by atoms with Crippen molar-refractivity contribution < 1.29 is 0 Å². The first kappa shape index (κ1) is 17.5. The third-order valence-corrected chi connectivity index (χ3v) is 9.34. The Kier molecular flexibility index (Phi) is 12.0. The zero-order valence-corrected chi connectivity index (χ0v) is 15.2. The number of rotatable bonds is 12. The van der Waals surface area contributed by atoms with Gasteiger partial charge in [0.05, 0.1) is 0 Å². The molecule has 0 N–H and O–H groups in total. The molecule has 0 heterocycles. The fraction of sp³-hybridized carbons (Fsp3) is 0.875. The summed E-state index contributed by atoms with van der Waals surface area (Å²) >= 11 is -0.259. The number of allylic oxidation sites excluding steroid dienone is 1. The first-order chi connectivity index (χ1) is 8.24. The van der Waals surface area contributed by atoms with Gasteiger partial charge in [0.15, 0.2) is 0 Å². The molecular weight excluding hydrogens is 311 g/mol. The molecule has 0 aliphatic rings. The number of hydrogen-bond donors (Lipinski definition) is 0. The van der Waals surface area contributed by atoms with Crippen molar-refractivity contribution >= 4 is 21.1 Å². The van der Waals surface area contributed by atoms with E-state index in [9.17, 15) is 0 Å². The van der Waals surface area contributed by atoms with E-state index in [2.05, 4.69) is 33.4 Å². The molecule has 0 saturated carbocycles. The van der Waals surface area contributed by atoms with E-state index in [0.717, 1.165) is 3.43 Å². The van der Waals surface area contributed by atoms with Crippen molar-refractivity contribution in [3.8, 4) is 0 Å². The van der Waals surface area contributed by atoms with Crippen LogP contribution in [0.15, 0.2) is 12.7 Å². The monoisotopic (exact) mass is 344 g/mol. The van der Waals surface area contributed by atoms with Gasteiger partial charge in [0, 0.05) is 0 Å². The summed E-state index contributed by atoms with van der Waals surface area (Å²) in [6.07, 6.45) is 15.2. The van der Waals surface area contributed by atoms with Crippen molar-refractivity contribution in [2.24, 2.45) is 0 Å². The van der Waals surface area contributed by atoms with Crippen molar-refractivity contribution in [2.45, 2.75) is 86.4 Å². The van der Waals surface area contributed by atoms with E-state index in [0.29, 0.717) is 0 Å². The molecule has 0 unspecified atom stereocenters. The van der Waals surface area contributed by atoms with Crippen LogP contribution in [0.3, 0.4) is 0 Å². The Bertz CT molecular complexity index is 153. The number of unbranched alkanes of at least 4 members (excludes halogenated alkanes) is 3. The predicted octanol–water partition coefficient (Wildman–Crippen LogP) is 6.02. The summed E-state index contributed by atoms with van der Waals surface area (Å²) in [5.74, 6) is 0. The Balaban J connectivity index is 4.44. The van der Waals surface area contributed by atoms with Gasteiger partial charge in [-0.3, -0.25) is 0 Å². The normalized spacial score (nSPS) is 11.7. The molecule has 0 atom stereocenters. The predicted molar refractivity (Wildman–Crippen MR) is 82.0 cm³/mol. The average molecular weight is 343 g/mol. The van der Waals surface area contributed by atoms with E-state index < -0.39 is 0 Å². The molecule has 100 valence electrons. The maximum atomic E-state index is 3.95. The molecule has 1 heteroatoms. The molecule has 0 aliphatic carbocycles. The van der Waals surface area contributed by atoms with E-state index in [-0.39, 0.29) is 21.1 Å². The van der Waals surface area contributed by atoms with Crippen LogP contribution in [0, 0.1) is 0 Å². The van der Waals surface area contributed by atoms with E-state index in [1.54, 1.807) is 0 Å². The van der Waals surface area contributed by atoms with Crippen molar-refractivity contribution in [1.29, 1.82) is 0 Å². The Morgan fingerprint density at radius 1 is 0.882 bits per heavy atom. The van der Waals surface area contributed by atoms with Crippen LogP contribution in [0.5, 0.6) is 0 Å². The van der Waals surface area contributed by atoms with Gasteiger partial charge >= 0.3 is 120 Å². The second-order valence-electron chi connectivity index (χ2n) is 5.26. The molecule has 0 nitrogen and oxygen atoms in total. The first-order valence-electron chi connectivity index (χ1n) is 7.60. The van der Waals surface area contributed by atoms with Crippen LogP contribution in [0.1, 0.15) is 78.6 Å². The summed E-state index contributed by atoms with van der Waals surface area (Å²) in [6.45, 7) is 11.0. The van der Waals surface area contributed by atoms with E-state index in [1.807, 2.05) is 0 Å². The summed E-state index contributed by atoms with van der Waals surface area (Å²) in [5.41, 5.74) is 0. The van der Waals surface area contributed by atoms with Crippen molar-refractivity contribution in [3.05, 3.63) is 12.7 Å². The van der Waals surface area contributed by atoms with Gasteiger partial charge in [0.1, 0.15) is 0 Å². The van der Waals surface area contributed by atoms with Crippen LogP contribution >= 0.6 is 0 Å². The molecule has 0 aliphatic heterocycles. The summed E-state index contributed by atoms with van der Waals surface area (Å²) in [7, 11) is 0. The molecule has 0 fully saturated rings. The fourth-order valence-electron chi connectivity index (χ4n) is 2.47. The standard InChI is InChI=1S/C13H27.C3H5.Sn/c1-4-7-10-13(11-8-5-2)12-9-6-3;1-3-2;/h4-12H2,1-3H3;3H,1-2H2;. The summed E-state index contributed by atoms with van der Waals surface area (Å²) < 4.78 is 2.18. The molecule has 2 radical (unpaired) electrons. The fourth-order valence-corrected chi connectivity index (χ4v) is 7.15. The van der Waals surface area contributed by atoms with E-state index in [4.69, 9.17) is 0 Å². The molecule has 0 aromatic heterocycles. The average Bonchev–Trinajstić information content (AvgIpc) is 2.37. The maximum absolute atomic E-state index is 3.95. The van der Waals surface area contributed by atoms with Crippen LogP contribution < -0.4 is 0 Å². The minimum atomic E-state index is -0.259. The van der Waals surface area contributed by atoms with Gasteiger partial charge in [-0.1, -0.05) is 0 Å². The minimum absolute atomic E-state index is 0.259. The van der Waals surface area contributed by atoms with Crippen molar-refractivity contribution in [2.75, 3.05) is 0 Å². The van der Waals surface area contributed by atoms with Gasteiger partial charge in [-0.15, -0.1) is 0 Å². The molecule has 0 saturated heterocycles. The summed E-state index contributed by atoms with van der Waals surface area (Å²) in [5, 5.41) is 0. The molecule has 0 amide bonds. The first-order valence-corrected chi connectivity index (χ1v) is 11.0. The Hall–Kier alpha value is 0.539. The zero-order valence-electron chi connectivity index (χ0n) is 12.4. The second-order valence-corrected chi connectivity index (χ2v) is 10.5. The van der Waals surface area contributed by atoms with Crippen LogP contribution in [0.4, 0.5) is 0 Å². The van der Waals surface area contributed by atoms with Gasteiger partial charge in [-0.25, -0.2) is 0 Å². The van der Waals surface area contributed by atoms with Gasteiger partial charge in [0.25, 0.3) is 0 Å². The topological polar surface area (TPSA) is 0 Å².